The molecular weight excluding hydrogens is 282 g/mol. The minimum atomic E-state index is -0.706. The Morgan fingerprint density at radius 1 is 1.27 bits per heavy atom. The number of nitrogen functional groups attached to an aromatic ring is 1. The first-order chi connectivity index (χ1) is 10.6. The normalized spacial score (nSPS) is 20.1. The largest absolute Gasteiger partial charge is 0.508 e. The van der Waals surface area contributed by atoms with Gasteiger partial charge in [0, 0.05) is 17.2 Å². The Labute approximate surface area is 128 Å². The van der Waals surface area contributed by atoms with E-state index in [1.165, 1.54) is 0 Å². The number of fused-ring (bicyclic) bond motifs is 1. The van der Waals surface area contributed by atoms with Gasteiger partial charge in [0.2, 0.25) is 0 Å². The molecule has 116 valence electrons. The maximum absolute atomic E-state index is 10.6. The molecule has 2 aromatic carbocycles. The van der Waals surface area contributed by atoms with E-state index >= 15 is 0 Å². The molecule has 0 saturated heterocycles. The number of ether oxygens (including phenoxy) is 2. The number of rotatable bonds is 3. The molecule has 0 bridgehead atoms. The lowest BCUT2D eigenvalue weighted by molar-refractivity contribution is 0.0503. The van der Waals surface area contributed by atoms with E-state index in [0.717, 1.165) is 11.3 Å². The third kappa shape index (κ3) is 2.67. The van der Waals surface area contributed by atoms with Crippen molar-refractivity contribution < 1.29 is 19.7 Å². The van der Waals surface area contributed by atoms with Crippen LogP contribution in [0.2, 0.25) is 0 Å². The molecule has 22 heavy (non-hydrogen) atoms. The second-order valence-electron chi connectivity index (χ2n) is 5.51. The number of anilines is 1. The van der Waals surface area contributed by atoms with Crippen LogP contribution in [0.1, 0.15) is 17.2 Å². The van der Waals surface area contributed by atoms with Crippen LogP contribution in [0.5, 0.6) is 17.2 Å². The van der Waals surface area contributed by atoms with Gasteiger partial charge >= 0.3 is 0 Å². The minimum Gasteiger partial charge on any atom is -0.508 e. The molecule has 3 rings (SSSR count). The van der Waals surface area contributed by atoms with Gasteiger partial charge in [-0.1, -0.05) is 0 Å². The highest BCUT2D eigenvalue weighted by Crippen LogP contribution is 2.39. The van der Waals surface area contributed by atoms with Gasteiger partial charge in [-0.05, 0) is 48.4 Å². The molecule has 0 saturated carbocycles. The zero-order valence-corrected chi connectivity index (χ0v) is 12.3. The van der Waals surface area contributed by atoms with E-state index in [2.05, 4.69) is 0 Å². The molecule has 2 atom stereocenters. The molecule has 0 amide bonds. The molecule has 0 aromatic heterocycles. The van der Waals surface area contributed by atoms with Gasteiger partial charge < -0.3 is 25.4 Å². The van der Waals surface area contributed by atoms with E-state index in [-0.39, 0.29) is 11.7 Å². The third-order valence-corrected chi connectivity index (χ3v) is 4.00. The maximum atomic E-state index is 10.6. The first-order valence-electron chi connectivity index (χ1n) is 7.14. The summed E-state index contributed by atoms with van der Waals surface area (Å²) in [6.07, 6.45) is -0.133. The lowest BCUT2D eigenvalue weighted by Crippen LogP contribution is -2.27. The smallest absolute Gasteiger partial charge is 0.125 e. The predicted octanol–water partition coefficient (Wildman–Crippen LogP) is 2.27. The van der Waals surface area contributed by atoms with Crippen LogP contribution in [0.4, 0.5) is 5.69 Å². The van der Waals surface area contributed by atoms with Crippen molar-refractivity contribution in [3.8, 4) is 17.2 Å². The quantitative estimate of drug-likeness (QED) is 0.757. The first kappa shape index (κ1) is 14.5. The Balaban J connectivity index is 1.87. The van der Waals surface area contributed by atoms with Crippen molar-refractivity contribution in [1.82, 2.24) is 0 Å². The number of aliphatic hydroxyl groups is 1. The van der Waals surface area contributed by atoms with Crippen LogP contribution < -0.4 is 15.2 Å². The van der Waals surface area contributed by atoms with Gasteiger partial charge in [0.15, 0.2) is 0 Å². The van der Waals surface area contributed by atoms with E-state index in [0.29, 0.717) is 30.0 Å². The lowest BCUT2D eigenvalue weighted by Gasteiger charge is -2.30. The SMILES string of the molecule is COc1ccc(N)cc1C[C@@H]1COc2ccc(O)cc2[C@@H]1O. The highest BCUT2D eigenvalue weighted by molar-refractivity contribution is 5.48. The second-order valence-corrected chi connectivity index (χ2v) is 5.51. The number of aromatic hydroxyl groups is 1. The number of hydrogen-bond acceptors (Lipinski definition) is 5. The number of aliphatic hydroxyl groups excluding tert-OH is 1. The molecule has 1 aliphatic heterocycles. The van der Waals surface area contributed by atoms with Crippen LogP contribution in [0.3, 0.4) is 0 Å². The summed E-state index contributed by atoms with van der Waals surface area (Å²) in [4.78, 5) is 0. The van der Waals surface area contributed by atoms with E-state index in [1.54, 1.807) is 31.4 Å². The zero-order valence-electron chi connectivity index (χ0n) is 12.3. The summed E-state index contributed by atoms with van der Waals surface area (Å²) in [5, 5.41) is 20.2. The predicted molar refractivity (Wildman–Crippen MR) is 83.2 cm³/mol. The monoisotopic (exact) mass is 301 g/mol. The fraction of sp³-hybridized carbons (Fsp3) is 0.294. The van der Waals surface area contributed by atoms with Crippen molar-refractivity contribution in [2.75, 3.05) is 19.5 Å². The van der Waals surface area contributed by atoms with Gasteiger partial charge in [-0.2, -0.15) is 0 Å². The molecule has 0 aliphatic carbocycles. The number of nitrogens with two attached hydrogens (primary N) is 1. The highest BCUT2D eigenvalue weighted by Gasteiger charge is 2.30. The first-order valence-corrected chi connectivity index (χ1v) is 7.14. The summed E-state index contributed by atoms with van der Waals surface area (Å²) in [6, 6.07) is 10.2. The standard InChI is InChI=1S/C17H19NO4/c1-21-15-4-2-12(18)7-10(15)6-11-9-22-16-5-3-13(19)8-14(16)17(11)20/h2-5,7-8,11,17,19-20H,6,9,18H2,1H3/t11-,17-/m1/s1. The summed E-state index contributed by atoms with van der Waals surface area (Å²) in [5.41, 5.74) is 8.03. The maximum Gasteiger partial charge on any atom is 0.125 e. The summed E-state index contributed by atoms with van der Waals surface area (Å²) in [7, 11) is 1.61. The molecular formula is C17H19NO4. The average molecular weight is 301 g/mol. The van der Waals surface area contributed by atoms with Crippen molar-refractivity contribution in [3.63, 3.8) is 0 Å². The number of methoxy groups -OCH3 is 1. The minimum absolute atomic E-state index is 0.114. The molecule has 5 nitrogen and oxygen atoms in total. The zero-order chi connectivity index (χ0) is 15.7. The molecule has 5 heteroatoms. The lowest BCUT2D eigenvalue weighted by atomic mass is 9.87. The van der Waals surface area contributed by atoms with Gasteiger partial charge in [0.25, 0.3) is 0 Å². The van der Waals surface area contributed by atoms with Crippen molar-refractivity contribution in [1.29, 1.82) is 0 Å². The fourth-order valence-corrected chi connectivity index (χ4v) is 2.85. The second kappa shape index (κ2) is 5.77. The van der Waals surface area contributed by atoms with Gasteiger partial charge in [-0.25, -0.2) is 0 Å². The van der Waals surface area contributed by atoms with Gasteiger partial charge in [-0.15, -0.1) is 0 Å². The van der Waals surface area contributed by atoms with Crippen molar-refractivity contribution >= 4 is 5.69 Å². The van der Waals surface area contributed by atoms with Gasteiger partial charge in [0.1, 0.15) is 17.2 Å². The van der Waals surface area contributed by atoms with Crippen molar-refractivity contribution in [2.45, 2.75) is 12.5 Å². The van der Waals surface area contributed by atoms with Crippen LogP contribution >= 0.6 is 0 Å². The van der Waals surface area contributed by atoms with Crippen molar-refractivity contribution in [2.24, 2.45) is 5.92 Å². The molecule has 0 radical (unpaired) electrons. The van der Waals surface area contributed by atoms with Crippen molar-refractivity contribution in [3.05, 3.63) is 47.5 Å². The Kier molecular flexibility index (Phi) is 3.81. The van der Waals surface area contributed by atoms with Gasteiger partial charge in [0.05, 0.1) is 19.8 Å². The third-order valence-electron chi connectivity index (χ3n) is 4.00. The molecule has 1 heterocycles. The van der Waals surface area contributed by atoms with Crippen LogP contribution in [0, 0.1) is 5.92 Å². The molecule has 4 N–H and O–H groups in total. The van der Waals surface area contributed by atoms with Gasteiger partial charge in [-0.3, -0.25) is 0 Å². The Hall–Kier alpha value is -2.40. The highest BCUT2D eigenvalue weighted by atomic mass is 16.5. The number of phenols is 1. The topological polar surface area (TPSA) is 84.9 Å². The number of benzene rings is 2. The van der Waals surface area contributed by atoms with Crippen LogP contribution in [-0.2, 0) is 6.42 Å². The summed E-state index contributed by atoms with van der Waals surface area (Å²) >= 11 is 0. The number of phenolic OH excluding ortho intramolecular Hbond substituents is 1. The van der Waals surface area contributed by atoms with Crippen LogP contribution in [0.25, 0.3) is 0 Å². The van der Waals surface area contributed by atoms with Crippen LogP contribution in [0.15, 0.2) is 36.4 Å². The molecule has 0 unspecified atom stereocenters. The molecule has 0 spiro atoms. The van der Waals surface area contributed by atoms with E-state index < -0.39 is 6.10 Å². The Bertz CT molecular complexity index is 686. The summed E-state index contributed by atoms with van der Waals surface area (Å²) < 4.78 is 11.0. The molecule has 1 aliphatic rings. The van der Waals surface area contributed by atoms with Crippen LogP contribution in [-0.4, -0.2) is 23.9 Å². The fourth-order valence-electron chi connectivity index (χ4n) is 2.85. The summed E-state index contributed by atoms with van der Waals surface area (Å²) in [6.45, 7) is 0.400. The summed E-state index contributed by atoms with van der Waals surface area (Å²) in [5.74, 6) is 1.33. The van der Waals surface area contributed by atoms with E-state index in [1.807, 2.05) is 12.1 Å². The average Bonchev–Trinajstić information content (AvgIpc) is 2.51. The Morgan fingerprint density at radius 2 is 2.09 bits per heavy atom. The molecule has 2 aromatic rings. The number of hydrogen-bond donors (Lipinski definition) is 3. The Morgan fingerprint density at radius 3 is 2.86 bits per heavy atom. The van der Waals surface area contributed by atoms with E-state index in [4.69, 9.17) is 15.2 Å². The van der Waals surface area contributed by atoms with E-state index in [9.17, 15) is 10.2 Å². The molecule has 0 fully saturated rings.